The van der Waals surface area contributed by atoms with Crippen LogP contribution in [-0.4, -0.2) is 16.2 Å². The monoisotopic (exact) mass is 211 g/mol. The summed E-state index contributed by atoms with van der Waals surface area (Å²) in [4.78, 5) is 4.36. The Balaban J connectivity index is 2.72. The van der Waals surface area contributed by atoms with Gasteiger partial charge in [-0.2, -0.15) is 4.98 Å². The molecule has 0 aliphatic heterocycles. The van der Waals surface area contributed by atoms with Gasteiger partial charge in [-0.3, -0.25) is 0 Å². The Labute approximate surface area is 91.2 Å². The second-order valence-corrected chi connectivity index (χ2v) is 5.43. The van der Waals surface area contributed by atoms with Gasteiger partial charge in [-0.1, -0.05) is 32.9 Å². The van der Waals surface area contributed by atoms with Crippen LogP contribution in [0, 0.1) is 5.41 Å². The minimum Gasteiger partial charge on any atom is -0.339 e. The van der Waals surface area contributed by atoms with E-state index in [4.69, 9.17) is 10.3 Å². The molecular formula is C11H21N3O. The number of rotatable bonds is 3. The van der Waals surface area contributed by atoms with Gasteiger partial charge < -0.3 is 10.3 Å². The molecule has 0 saturated carbocycles. The van der Waals surface area contributed by atoms with E-state index in [2.05, 4.69) is 30.9 Å². The van der Waals surface area contributed by atoms with E-state index in [1.165, 1.54) is 0 Å². The topological polar surface area (TPSA) is 64.9 Å². The number of nitrogens with zero attached hydrogens (tertiary/aromatic N) is 2. The number of hydrogen-bond acceptors (Lipinski definition) is 4. The van der Waals surface area contributed by atoms with E-state index < -0.39 is 0 Å². The molecule has 4 heteroatoms. The third-order valence-corrected chi connectivity index (χ3v) is 2.35. The maximum Gasteiger partial charge on any atom is 0.231 e. The first-order chi connectivity index (χ1) is 6.79. The maximum atomic E-state index is 5.78. The van der Waals surface area contributed by atoms with E-state index in [9.17, 15) is 0 Å². The fourth-order valence-corrected chi connectivity index (χ4v) is 1.22. The molecule has 1 heterocycles. The average Bonchev–Trinajstić information content (AvgIpc) is 2.48. The molecule has 0 amide bonds. The Morgan fingerprint density at radius 1 is 1.33 bits per heavy atom. The molecule has 86 valence electrons. The summed E-state index contributed by atoms with van der Waals surface area (Å²) in [5, 5.41) is 3.96. The van der Waals surface area contributed by atoms with E-state index in [0.29, 0.717) is 5.89 Å². The summed E-state index contributed by atoms with van der Waals surface area (Å²) in [6, 6.07) is 0.0351. The second kappa shape index (κ2) is 4.31. The number of nitrogens with two attached hydrogens (primary N) is 1. The summed E-state index contributed by atoms with van der Waals surface area (Å²) >= 11 is 0. The van der Waals surface area contributed by atoms with E-state index in [1.807, 2.05) is 13.8 Å². The predicted molar refractivity (Wildman–Crippen MR) is 59.5 cm³/mol. The fourth-order valence-electron chi connectivity index (χ4n) is 1.22. The van der Waals surface area contributed by atoms with Gasteiger partial charge in [0.1, 0.15) is 0 Å². The van der Waals surface area contributed by atoms with Gasteiger partial charge in [0.25, 0.3) is 0 Å². The molecule has 0 aliphatic rings. The molecule has 2 N–H and O–H groups in total. The van der Waals surface area contributed by atoms with E-state index in [1.54, 1.807) is 0 Å². The average molecular weight is 211 g/mol. The Morgan fingerprint density at radius 3 is 2.40 bits per heavy atom. The molecule has 2 unspecified atom stereocenters. The lowest BCUT2D eigenvalue weighted by molar-refractivity contribution is 0.334. The van der Waals surface area contributed by atoms with Crippen molar-refractivity contribution in [1.82, 2.24) is 10.1 Å². The molecule has 2 atom stereocenters. The van der Waals surface area contributed by atoms with Crippen molar-refractivity contribution in [3.8, 4) is 0 Å². The van der Waals surface area contributed by atoms with Crippen LogP contribution in [0.3, 0.4) is 0 Å². The minimum atomic E-state index is 0.0351. The highest BCUT2D eigenvalue weighted by Crippen LogP contribution is 2.21. The largest absolute Gasteiger partial charge is 0.339 e. The maximum absolute atomic E-state index is 5.78. The van der Waals surface area contributed by atoms with Gasteiger partial charge in [-0.05, 0) is 12.3 Å². The summed E-state index contributed by atoms with van der Waals surface area (Å²) in [7, 11) is 0. The third-order valence-electron chi connectivity index (χ3n) is 2.35. The molecule has 1 aromatic rings. The summed E-state index contributed by atoms with van der Waals surface area (Å²) in [5.74, 6) is 1.53. The quantitative estimate of drug-likeness (QED) is 0.831. The van der Waals surface area contributed by atoms with Crippen molar-refractivity contribution in [2.24, 2.45) is 11.1 Å². The van der Waals surface area contributed by atoms with Crippen molar-refractivity contribution in [1.29, 1.82) is 0 Å². The Bertz CT molecular complexity index is 312. The molecule has 1 rings (SSSR count). The van der Waals surface area contributed by atoms with Crippen LogP contribution in [0.1, 0.15) is 52.3 Å². The Morgan fingerprint density at radius 2 is 1.93 bits per heavy atom. The van der Waals surface area contributed by atoms with Gasteiger partial charge in [-0.25, -0.2) is 0 Å². The molecule has 0 radical (unpaired) electrons. The zero-order chi connectivity index (χ0) is 11.6. The number of hydrogen-bond donors (Lipinski definition) is 1. The SMILES string of the molecule is CC(N)C(C)c1nc(CC(C)(C)C)no1. The normalized spacial score (nSPS) is 16.4. The van der Waals surface area contributed by atoms with Crippen molar-refractivity contribution >= 4 is 0 Å². The van der Waals surface area contributed by atoms with Gasteiger partial charge >= 0.3 is 0 Å². The standard InChI is InChI=1S/C11H21N3O/c1-7(8(2)12)10-13-9(14-15-10)6-11(3,4)5/h7-8H,6,12H2,1-5H3. The van der Waals surface area contributed by atoms with Gasteiger partial charge in [0.15, 0.2) is 5.82 Å². The zero-order valence-electron chi connectivity index (χ0n) is 10.2. The molecule has 4 nitrogen and oxygen atoms in total. The fraction of sp³-hybridized carbons (Fsp3) is 0.818. The van der Waals surface area contributed by atoms with Crippen molar-refractivity contribution in [3.63, 3.8) is 0 Å². The van der Waals surface area contributed by atoms with Crippen molar-refractivity contribution in [3.05, 3.63) is 11.7 Å². The predicted octanol–water partition coefficient (Wildman–Crippen LogP) is 2.11. The van der Waals surface area contributed by atoms with Crippen LogP contribution in [0.4, 0.5) is 0 Å². The molecule has 0 bridgehead atoms. The molecule has 0 aromatic carbocycles. The lowest BCUT2D eigenvalue weighted by Crippen LogP contribution is -2.22. The van der Waals surface area contributed by atoms with Gasteiger partial charge in [0, 0.05) is 12.5 Å². The van der Waals surface area contributed by atoms with Gasteiger partial charge in [0.05, 0.1) is 5.92 Å². The third kappa shape index (κ3) is 3.63. The van der Waals surface area contributed by atoms with Crippen molar-refractivity contribution < 1.29 is 4.52 Å². The van der Waals surface area contributed by atoms with Crippen LogP contribution in [0.15, 0.2) is 4.52 Å². The van der Waals surface area contributed by atoms with E-state index >= 15 is 0 Å². The Hall–Kier alpha value is -0.900. The van der Waals surface area contributed by atoms with Crippen LogP contribution >= 0.6 is 0 Å². The first-order valence-electron chi connectivity index (χ1n) is 5.37. The summed E-state index contributed by atoms with van der Waals surface area (Å²) < 4.78 is 5.19. The molecule has 1 aromatic heterocycles. The molecule has 0 saturated heterocycles. The summed E-state index contributed by atoms with van der Waals surface area (Å²) in [6.07, 6.45) is 0.822. The van der Waals surface area contributed by atoms with Gasteiger partial charge in [0.2, 0.25) is 5.89 Å². The zero-order valence-corrected chi connectivity index (χ0v) is 10.2. The van der Waals surface area contributed by atoms with Crippen LogP contribution in [-0.2, 0) is 6.42 Å². The Kier molecular flexibility index (Phi) is 3.50. The molecular weight excluding hydrogens is 190 g/mol. The van der Waals surface area contributed by atoms with Crippen molar-refractivity contribution in [2.45, 2.75) is 53.0 Å². The van der Waals surface area contributed by atoms with Crippen molar-refractivity contribution in [2.75, 3.05) is 0 Å². The van der Waals surface area contributed by atoms with E-state index in [0.717, 1.165) is 12.2 Å². The first kappa shape index (κ1) is 12.2. The lowest BCUT2D eigenvalue weighted by Gasteiger charge is -2.14. The highest BCUT2D eigenvalue weighted by atomic mass is 16.5. The summed E-state index contributed by atoms with van der Waals surface area (Å²) in [5.41, 5.74) is 5.96. The highest BCUT2D eigenvalue weighted by molar-refractivity contribution is 4.97. The van der Waals surface area contributed by atoms with Crippen LogP contribution in [0.25, 0.3) is 0 Å². The van der Waals surface area contributed by atoms with Crippen LogP contribution < -0.4 is 5.73 Å². The highest BCUT2D eigenvalue weighted by Gasteiger charge is 2.20. The number of aromatic nitrogens is 2. The molecule has 0 aliphatic carbocycles. The van der Waals surface area contributed by atoms with Crippen LogP contribution in [0.5, 0.6) is 0 Å². The summed E-state index contributed by atoms with van der Waals surface area (Å²) in [6.45, 7) is 10.4. The molecule has 15 heavy (non-hydrogen) atoms. The molecule has 0 fully saturated rings. The minimum absolute atomic E-state index is 0.0351. The second-order valence-electron chi connectivity index (χ2n) is 5.43. The molecule has 0 spiro atoms. The van der Waals surface area contributed by atoms with Crippen LogP contribution in [0.2, 0.25) is 0 Å². The first-order valence-corrected chi connectivity index (χ1v) is 5.37. The smallest absolute Gasteiger partial charge is 0.231 e. The van der Waals surface area contributed by atoms with Gasteiger partial charge in [-0.15, -0.1) is 0 Å². The van der Waals surface area contributed by atoms with E-state index in [-0.39, 0.29) is 17.4 Å². The lowest BCUT2D eigenvalue weighted by atomic mass is 9.92.